The molecule has 4 aromatic rings. The van der Waals surface area contributed by atoms with Crippen LogP contribution >= 0.6 is 0 Å². The zero-order valence-corrected chi connectivity index (χ0v) is 18.1. The van der Waals surface area contributed by atoms with Gasteiger partial charge in [-0.15, -0.1) is 0 Å². The van der Waals surface area contributed by atoms with E-state index in [1.165, 1.54) is 0 Å². The summed E-state index contributed by atoms with van der Waals surface area (Å²) in [4.78, 5) is 24.3. The molecule has 1 fully saturated rings. The Labute approximate surface area is 187 Å². The molecule has 5 rings (SSSR count). The normalized spacial score (nSPS) is 15.6. The van der Waals surface area contributed by atoms with Crippen molar-refractivity contribution in [3.05, 3.63) is 79.0 Å². The molecular formula is C26H26N4O2. The van der Waals surface area contributed by atoms with E-state index >= 15 is 0 Å². The van der Waals surface area contributed by atoms with Crippen LogP contribution in [-0.2, 0) is 4.79 Å². The molecule has 1 saturated heterocycles. The first-order valence-corrected chi connectivity index (χ1v) is 11.1. The molecule has 0 spiro atoms. The Hall–Kier alpha value is -3.67. The second kappa shape index (κ2) is 8.83. The van der Waals surface area contributed by atoms with E-state index in [1.807, 2.05) is 78.6 Å². The number of fused-ring (bicyclic) bond motifs is 1. The van der Waals surface area contributed by atoms with Gasteiger partial charge < -0.3 is 14.2 Å². The van der Waals surface area contributed by atoms with Gasteiger partial charge in [0.05, 0.1) is 11.0 Å². The van der Waals surface area contributed by atoms with Gasteiger partial charge in [-0.05, 0) is 56.2 Å². The fourth-order valence-corrected chi connectivity index (χ4v) is 4.44. The van der Waals surface area contributed by atoms with Crippen molar-refractivity contribution in [2.75, 3.05) is 13.1 Å². The Bertz CT molecular complexity index is 1200. The number of para-hydroxylation sites is 3. The van der Waals surface area contributed by atoms with Gasteiger partial charge in [-0.2, -0.15) is 0 Å². The molecular weight excluding hydrogens is 400 g/mol. The van der Waals surface area contributed by atoms with Crippen LogP contribution in [0.3, 0.4) is 0 Å². The average molecular weight is 427 g/mol. The Kier molecular flexibility index (Phi) is 5.58. The molecule has 1 amide bonds. The molecule has 0 aliphatic carbocycles. The van der Waals surface area contributed by atoms with Crippen LogP contribution in [0.2, 0.25) is 0 Å². The molecule has 0 bridgehead atoms. The molecule has 1 unspecified atom stereocenters. The third kappa shape index (κ3) is 3.96. The number of nitrogens with zero attached hydrogens (tertiary/aromatic N) is 4. The highest BCUT2D eigenvalue weighted by Gasteiger charge is 2.30. The number of piperidine rings is 1. The van der Waals surface area contributed by atoms with Crippen molar-refractivity contribution in [2.45, 2.75) is 31.9 Å². The highest BCUT2D eigenvalue weighted by molar-refractivity contribution is 5.81. The topological polar surface area (TPSA) is 60.2 Å². The van der Waals surface area contributed by atoms with E-state index in [0.717, 1.165) is 35.4 Å². The largest absolute Gasteiger partial charge is 0.481 e. The van der Waals surface area contributed by atoms with Gasteiger partial charge in [0.25, 0.3) is 5.91 Å². The Morgan fingerprint density at radius 3 is 2.44 bits per heavy atom. The zero-order valence-electron chi connectivity index (χ0n) is 18.1. The second-order valence-electron chi connectivity index (χ2n) is 8.14. The minimum atomic E-state index is -0.507. The maximum atomic E-state index is 13.0. The minimum absolute atomic E-state index is 0.0349. The predicted octanol–water partition coefficient (Wildman–Crippen LogP) is 4.73. The van der Waals surface area contributed by atoms with Gasteiger partial charge in [0.1, 0.15) is 11.4 Å². The molecule has 0 N–H and O–H groups in total. The van der Waals surface area contributed by atoms with E-state index in [4.69, 9.17) is 9.72 Å². The smallest absolute Gasteiger partial charge is 0.263 e. The lowest BCUT2D eigenvalue weighted by Crippen LogP contribution is -2.45. The van der Waals surface area contributed by atoms with Crippen LogP contribution in [-0.4, -0.2) is 44.5 Å². The van der Waals surface area contributed by atoms with E-state index < -0.39 is 6.10 Å². The van der Waals surface area contributed by atoms with Gasteiger partial charge in [0.2, 0.25) is 0 Å². The molecule has 1 atom stereocenters. The maximum absolute atomic E-state index is 13.0. The summed E-state index contributed by atoms with van der Waals surface area (Å²) in [6, 6.07) is 23.9. The SMILES string of the molecule is CC(Oc1ccccc1)C(=O)N1CCC(n2c(-c3ccccn3)nc3ccccc32)CC1. The van der Waals surface area contributed by atoms with E-state index in [-0.39, 0.29) is 11.9 Å². The lowest BCUT2D eigenvalue weighted by molar-refractivity contribution is -0.139. The highest BCUT2D eigenvalue weighted by atomic mass is 16.5. The molecule has 32 heavy (non-hydrogen) atoms. The van der Waals surface area contributed by atoms with Crippen LogP contribution in [0.4, 0.5) is 0 Å². The number of imidazole rings is 1. The van der Waals surface area contributed by atoms with E-state index in [1.54, 1.807) is 6.20 Å². The minimum Gasteiger partial charge on any atom is -0.481 e. The number of benzene rings is 2. The second-order valence-corrected chi connectivity index (χ2v) is 8.14. The number of amides is 1. The highest BCUT2D eigenvalue weighted by Crippen LogP contribution is 2.33. The van der Waals surface area contributed by atoms with Crippen molar-refractivity contribution in [3.8, 4) is 17.3 Å². The number of carbonyl (C=O) groups excluding carboxylic acids is 1. The molecule has 6 nitrogen and oxygen atoms in total. The lowest BCUT2D eigenvalue weighted by atomic mass is 10.0. The quantitative estimate of drug-likeness (QED) is 0.463. The molecule has 3 heterocycles. The number of aromatic nitrogens is 3. The van der Waals surface area contributed by atoms with Gasteiger partial charge in [0.15, 0.2) is 11.9 Å². The Balaban J connectivity index is 1.34. The van der Waals surface area contributed by atoms with Gasteiger partial charge in [0, 0.05) is 25.3 Å². The Morgan fingerprint density at radius 1 is 0.969 bits per heavy atom. The Morgan fingerprint density at radius 2 is 1.69 bits per heavy atom. The maximum Gasteiger partial charge on any atom is 0.263 e. The summed E-state index contributed by atoms with van der Waals surface area (Å²) < 4.78 is 8.16. The van der Waals surface area contributed by atoms with E-state index in [9.17, 15) is 4.79 Å². The molecule has 0 radical (unpaired) electrons. The lowest BCUT2D eigenvalue weighted by Gasteiger charge is -2.34. The van der Waals surface area contributed by atoms with E-state index in [0.29, 0.717) is 18.8 Å². The third-order valence-electron chi connectivity index (χ3n) is 6.03. The van der Waals surface area contributed by atoms with Gasteiger partial charge in [-0.3, -0.25) is 9.78 Å². The number of ether oxygens (including phenoxy) is 1. The summed E-state index contributed by atoms with van der Waals surface area (Å²) in [7, 11) is 0. The fourth-order valence-electron chi connectivity index (χ4n) is 4.44. The van der Waals surface area contributed by atoms with Crippen molar-refractivity contribution in [3.63, 3.8) is 0 Å². The molecule has 1 aliphatic heterocycles. The predicted molar refractivity (Wildman–Crippen MR) is 124 cm³/mol. The van der Waals surface area contributed by atoms with Crippen molar-refractivity contribution in [1.82, 2.24) is 19.4 Å². The van der Waals surface area contributed by atoms with Crippen molar-refractivity contribution < 1.29 is 9.53 Å². The van der Waals surface area contributed by atoms with Crippen molar-refractivity contribution >= 4 is 16.9 Å². The standard InChI is InChI=1S/C26H26N4O2/c1-19(32-21-9-3-2-4-10-21)26(31)29-17-14-20(15-18-29)30-24-13-6-5-11-22(24)28-25(30)23-12-7-8-16-27-23/h2-13,16,19-20H,14-15,17-18H2,1H3. The van der Waals surface area contributed by atoms with Crippen LogP contribution in [0.15, 0.2) is 79.0 Å². The summed E-state index contributed by atoms with van der Waals surface area (Å²) in [5.41, 5.74) is 2.95. The van der Waals surface area contributed by atoms with Crippen LogP contribution in [0.25, 0.3) is 22.6 Å². The molecule has 1 aliphatic rings. The third-order valence-corrected chi connectivity index (χ3v) is 6.03. The molecule has 2 aromatic heterocycles. The van der Waals surface area contributed by atoms with E-state index in [2.05, 4.69) is 15.6 Å². The van der Waals surface area contributed by atoms with Crippen LogP contribution in [0.1, 0.15) is 25.8 Å². The molecule has 6 heteroatoms. The summed E-state index contributed by atoms with van der Waals surface area (Å²) in [6.45, 7) is 3.21. The number of hydrogen-bond acceptors (Lipinski definition) is 4. The number of likely N-dealkylation sites (tertiary alicyclic amines) is 1. The van der Waals surface area contributed by atoms with Gasteiger partial charge >= 0.3 is 0 Å². The summed E-state index contributed by atoms with van der Waals surface area (Å²) in [6.07, 6.45) is 3.02. The van der Waals surface area contributed by atoms with Gasteiger partial charge in [-0.25, -0.2) is 4.98 Å². The monoisotopic (exact) mass is 426 g/mol. The van der Waals surface area contributed by atoms with Crippen LogP contribution in [0.5, 0.6) is 5.75 Å². The molecule has 2 aromatic carbocycles. The summed E-state index contributed by atoms with van der Waals surface area (Å²) in [5.74, 6) is 1.64. The first kappa shape index (κ1) is 20.2. The number of rotatable bonds is 5. The van der Waals surface area contributed by atoms with Crippen LogP contribution in [0, 0.1) is 0 Å². The fraction of sp³-hybridized carbons (Fsp3) is 0.269. The first-order chi connectivity index (χ1) is 15.7. The summed E-state index contributed by atoms with van der Waals surface area (Å²) >= 11 is 0. The number of hydrogen-bond donors (Lipinski definition) is 0. The number of pyridine rings is 1. The van der Waals surface area contributed by atoms with Crippen molar-refractivity contribution in [1.29, 1.82) is 0 Å². The van der Waals surface area contributed by atoms with Crippen LogP contribution < -0.4 is 4.74 Å². The molecule has 162 valence electrons. The average Bonchev–Trinajstić information content (AvgIpc) is 3.24. The number of carbonyl (C=O) groups is 1. The molecule has 0 saturated carbocycles. The van der Waals surface area contributed by atoms with Gasteiger partial charge in [-0.1, -0.05) is 36.4 Å². The summed E-state index contributed by atoms with van der Waals surface area (Å²) in [5, 5.41) is 0. The van der Waals surface area contributed by atoms with Crippen molar-refractivity contribution in [2.24, 2.45) is 0 Å². The first-order valence-electron chi connectivity index (χ1n) is 11.1. The zero-order chi connectivity index (χ0) is 21.9.